The highest BCUT2D eigenvalue weighted by Crippen LogP contribution is 2.37. The molecular formula is C28H25N3O4. The SMILES string of the molecule is CN(C)C(OC1=CCc2ccccc2O1)Oc1ccc(C2=CCc3ccccc3O2)c(N)c1C#N. The molecule has 1 atom stereocenters. The van der Waals surface area contributed by atoms with Crippen molar-refractivity contribution in [2.75, 3.05) is 19.8 Å². The van der Waals surface area contributed by atoms with Gasteiger partial charge in [-0.1, -0.05) is 36.4 Å². The molecule has 0 aliphatic carbocycles. The molecule has 0 aromatic heterocycles. The van der Waals surface area contributed by atoms with Crippen LogP contribution in [0.15, 0.2) is 78.8 Å². The zero-order valence-corrected chi connectivity index (χ0v) is 19.5. The maximum Gasteiger partial charge on any atom is 0.307 e. The number of nitrogens with two attached hydrogens (primary N) is 1. The highest BCUT2D eigenvalue weighted by molar-refractivity contribution is 5.79. The number of rotatable bonds is 6. The molecule has 0 bridgehead atoms. The number of nitrogen functional groups attached to an aromatic ring is 1. The first-order valence-corrected chi connectivity index (χ1v) is 11.3. The molecule has 3 aromatic rings. The molecule has 176 valence electrons. The van der Waals surface area contributed by atoms with E-state index in [-0.39, 0.29) is 11.3 Å². The minimum Gasteiger partial charge on any atom is -0.457 e. The molecule has 5 rings (SSSR count). The van der Waals surface area contributed by atoms with Gasteiger partial charge in [-0.15, -0.1) is 0 Å². The Morgan fingerprint density at radius 3 is 2.23 bits per heavy atom. The van der Waals surface area contributed by atoms with Gasteiger partial charge in [-0.05, 0) is 62.0 Å². The zero-order valence-electron chi connectivity index (χ0n) is 19.5. The number of para-hydroxylation sites is 2. The summed E-state index contributed by atoms with van der Waals surface area (Å²) in [4.78, 5) is 1.74. The maximum absolute atomic E-state index is 9.90. The van der Waals surface area contributed by atoms with Crippen molar-refractivity contribution >= 4 is 11.4 Å². The van der Waals surface area contributed by atoms with E-state index in [0.29, 0.717) is 29.4 Å². The summed E-state index contributed by atoms with van der Waals surface area (Å²) in [5.74, 6) is 2.79. The van der Waals surface area contributed by atoms with E-state index in [4.69, 9.17) is 24.7 Å². The number of allylic oxidation sites excluding steroid dienone is 2. The van der Waals surface area contributed by atoms with Gasteiger partial charge in [-0.2, -0.15) is 5.26 Å². The molecule has 2 aliphatic rings. The van der Waals surface area contributed by atoms with Crippen molar-refractivity contribution in [1.82, 2.24) is 4.90 Å². The third-order valence-corrected chi connectivity index (χ3v) is 5.82. The van der Waals surface area contributed by atoms with Gasteiger partial charge in [0.2, 0.25) is 0 Å². The Morgan fingerprint density at radius 2 is 1.54 bits per heavy atom. The standard InChI is InChI=1S/C28H25N3O4/c1-31(2)28(35-26-16-12-19-8-4-6-10-23(19)33-26)34-25-15-13-20(27(30)21(25)17-29)24-14-11-18-7-3-5-9-22(18)32-24/h3-10,13-16,28H,11-12,30H2,1-2H3. The van der Waals surface area contributed by atoms with Crippen LogP contribution in [-0.4, -0.2) is 25.4 Å². The van der Waals surface area contributed by atoms with Crippen molar-refractivity contribution in [2.45, 2.75) is 19.3 Å². The van der Waals surface area contributed by atoms with Crippen LogP contribution in [0.25, 0.3) is 5.76 Å². The van der Waals surface area contributed by atoms with Crippen LogP contribution in [0.4, 0.5) is 5.69 Å². The molecule has 0 saturated carbocycles. The van der Waals surface area contributed by atoms with Crippen molar-refractivity contribution in [3.05, 3.63) is 101 Å². The van der Waals surface area contributed by atoms with E-state index in [1.165, 1.54) is 0 Å². The van der Waals surface area contributed by atoms with E-state index >= 15 is 0 Å². The van der Waals surface area contributed by atoms with E-state index in [0.717, 1.165) is 29.0 Å². The largest absolute Gasteiger partial charge is 0.457 e. The second-order valence-corrected chi connectivity index (χ2v) is 8.44. The van der Waals surface area contributed by atoms with Crippen LogP contribution in [0.1, 0.15) is 22.3 Å². The molecule has 1 unspecified atom stereocenters. The Labute approximate surface area is 204 Å². The van der Waals surface area contributed by atoms with Gasteiger partial charge in [0.25, 0.3) is 5.95 Å². The van der Waals surface area contributed by atoms with Gasteiger partial charge in [0, 0.05) is 18.1 Å². The van der Waals surface area contributed by atoms with Crippen LogP contribution in [0.5, 0.6) is 17.2 Å². The van der Waals surface area contributed by atoms with Gasteiger partial charge in [0.05, 0.1) is 5.69 Å². The van der Waals surface area contributed by atoms with E-state index in [1.54, 1.807) is 17.0 Å². The zero-order chi connectivity index (χ0) is 24.4. The minimum atomic E-state index is -0.846. The number of hydrogen-bond donors (Lipinski definition) is 1. The van der Waals surface area contributed by atoms with Crippen molar-refractivity contribution in [1.29, 1.82) is 5.26 Å². The lowest BCUT2D eigenvalue weighted by atomic mass is 10.0. The number of nitrogens with zero attached hydrogens (tertiary/aromatic N) is 2. The van der Waals surface area contributed by atoms with E-state index in [2.05, 4.69) is 6.07 Å². The minimum absolute atomic E-state index is 0.213. The highest BCUT2D eigenvalue weighted by atomic mass is 16.8. The summed E-state index contributed by atoms with van der Waals surface area (Å²) < 4.78 is 24.0. The second kappa shape index (κ2) is 9.45. The highest BCUT2D eigenvalue weighted by Gasteiger charge is 2.24. The smallest absolute Gasteiger partial charge is 0.307 e. The quantitative estimate of drug-likeness (QED) is 0.410. The predicted octanol–water partition coefficient (Wildman–Crippen LogP) is 4.83. The van der Waals surface area contributed by atoms with Gasteiger partial charge in [-0.3, -0.25) is 0 Å². The van der Waals surface area contributed by atoms with Gasteiger partial charge in [0.1, 0.15) is 34.6 Å². The summed E-state index contributed by atoms with van der Waals surface area (Å²) in [6, 6.07) is 21.3. The number of anilines is 1. The van der Waals surface area contributed by atoms with E-state index < -0.39 is 6.41 Å². The predicted molar refractivity (Wildman–Crippen MR) is 132 cm³/mol. The second-order valence-electron chi connectivity index (χ2n) is 8.44. The van der Waals surface area contributed by atoms with E-state index in [9.17, 15) is 5.26 Å². The van der Waals surface area contributed by atoms with Crippen LogP contribution in [0.3, 0.4) is 0 Å². The average molecular weight is 468 g/mol. The topological polar surface area (TPSA) is 90.0 Å². The number of nitriles is 1. The van der Waals surface area contributed by atoms with Crippen LogP contribution < -0.4 is 19.9 Å². The van der Waals surface area contributed by atoms with Crippen molar-refractivity contribution in [2.24, 2.45) is 0 Å². The molecule has 0 saturated heterocycles. The first-order valence-electron chi connectivity index (χ1n) is 11.3. The molecule has 2 heterocycles. The average Bonchev–Trinajstić information content (AvgIpc) is 2.88. The molecule has 3 aromatic carbocycles. The lowest BCUT2D eigenvalue weighted by molar-refractivity contribution is -0.154. The number of hydrogen-bond acceptors (Lipinski definition) is 7. The summed E-state index contributed by atoms with van der Waals surface area (Å²) in [7, 11) is 3.62. The van der Waals surface area contributed by atoms with Gasteiger partial charge >= 0.3 is 6.41 Å². The molecule has 0 amide bonds. The fraction of sp³-hybridized carbons (Fsp3) is 0.179. The van der Waals surface area contributed by atoms with E-state index in [1.807, 2.05) is 74.8 Å². The Bertz CT molecular complexity index is 1370. The molecule has 0 fully saturated rings. The van der Waals surface area contributed by atoms with Gasteiger partial charge in [0.15, 0.2) is 0 Å². The molecule has 0 spiro atoms. The molecule has 0 radical (unpaired) electrons. The van der Waals surface area contributed by atoms with Crippen molar-refractivity contribution in [3.63, 3.8) is 0 Å². The third kappa shape index (κ3) is 4.52. The number of benzene rings is 3. The molecule has 7 nitrogen and oxygen atoms in total. The van der Waals surface area contributed by atoms with Gasteiger partial charge in [-0.25, -0.2) is 4.90 Å². The fourth-order valence-electron chi connectivity index (χ4n) is 3.96. The van der Waals surface area contributed by atoms with Gasteiger partial charge < -0.3 is 24.7 Å². The lowest BCUT2D eigenvalue weighted by Gasteiger charge is -2.28. The van der Waals surface area contributed by atoms with Crippen LogP contribution >= 0.6 is 0 Å². The molecular weight excluding hydrogens is 442 g/mol. The first-order chi connectivity index (χ1) is 17.0. The molecule has 35 heavy (non-hydrogen) atoms. The summed E-state index contributed by atoms with van der Waals surface area (Å²) in [6.07, 6.45) is 4.39. The molecule has 2 aliphatic heterocycles. The lowest BCUT2D eigenvalue weighted by Crippen LogP contribution is -2.37. The molecule has 2 N–H and O–H groups in total. The Morgan fingerprint density at radius 1 is 0.886 bits per heavy atom. The Hall–Kier alpha value is -4.41. The van der Waals surface area contributed by atoms with Crippen molar-refractivity contribution < 1.29 is 18.9 Å². The summed E-state index contributed by atoms with van der Waals surface area (Å²) in [6.45, 7) is 0. The fourth-order valence-corrected chi connectivity index (χ4v) is 3.96. The summed E-state index contributed by atoms with van der Waals surface area (Å²) in [5.41, 5.74) is 9.74. The monoisotopic (exact) mass is 467 g/mol. The maximum atomic E-state index is 9.90. The number of fused-ring (bicyclic) bond motifs is 2. The Balaban J connectivity index is 1.37. The summed E-state index contributed by atoms with van der Waals surface area (Å²) >= 11 is 0. The van der Waals surface area contributed by atoms with Crippen LogP contribution in [0, 0.1) is 11.3 Å². The molecule has 7 heteroatoms. The summed E-state index contributed by atoms with van der Waals surface area (Å²) in [5, 5.41) is 9.90. The Kier molecular flexibility index (Phi) is 6.04. The third-order valence-electron chi connectivity index (χ3n) is 5.82. The number of ether oxygens (including phenoxy) is 4. The first kappa shape index (κ1) is 22.4. The van der Waals surface area contributed by atoms with Crippen LogP contribution in [-0.2, 0) is 17.6 Å². The normalized spacial score (nSPS) is 14.8. The van der Waals surface area contributed by atoms with Crippen molar-refractivity contribution in [3.8, 4) is 23.3 Å². The van der Waals surface area contributed by atoms with Crippen LogP contribution in [0.2, 0.25) is 0 Å².